The van der Waals surface area contributed by atoms with Gasteiger partial charge in [0.25, 0.3) is 0 Å². The molecule has 1 aromatic carbocycles. The summed E-state index contributed by atoms with van der Waals surface area (Å²) in [5.41, 5.74) is 0.488. The molecule has 0 aliphatic heterocycles. The van der Waals surface area contributed by atoms with Gasteiger partial charge in [-0.15, -0.1) is 0 Å². The molecular formula is C13H18FNO2. The van der Waals surface area contributed by atoms with Gasteiger partial charge in [0.15, 0.2) is 0 Å². The Balaban J connectivity index is 2.28. The molecule has 4 heteroatoms. The lowest BCUT2D eigenvalue weighted by Gasteiger charge is -2.19. The first-order valence-corrected chi connectivity index (χ1v) is 5.58. The molecular weight excluding hydrogens is 221 g/mol. The monoisotopic (exact) mass is 239 g/mol. The van der Waals surface area contributed by atoms with Gasteiger partial charge in [-0.25, -0.2) is 9.18 Å². The average Bonchev–Trinajstić information content (AvgIpc) is 2.18. The number of halogens is 1. The summed E-state index contributed by atoms with van der Waals surface area (Å²) in [4.78, 5) is 11.3. The number of amides is 1. The maximum atomic E-state index is 12.6. The van der Waals surface area contributed by atoms with Gasteiger partial charge in [0.2, 0.25) is 0 Å². The summed E-state index contributed by atoms with van der Waals surface area (Å²) < 4.78 is 17.7. The van der Waals surface area contributed by atoms with Crippen molar-refractivity contribution in [3.63, 3.8) is 0 Å². The Morgan fingerprint density at radius 1 is 1.29 bits per heavy atom. The summed E-state index contributed by atoms with van der Waals surface area (Å²) in [6.07, 6.45) is 0.221. The standard InChI is InChI=1S/C13H18FNO2/c1-13(2,3)17-12(16)15-9-8-10-4-6-11(14)7-5-10/h4-7H,8-9H2,1-3H3,(H,15,16). The molecule has 0 spiro atoms. The average molecular weight is 239 g/mol. The first kappa shape index (κ1) is 13.5. The Morgan fingerprint density at radius 2 is 1.88 bits per heavy atom. The van der Waals surface area contributed by atoms with Gasteiger partial charge in [0.1, 0.15) is 11.4 Å². The maximum absolute atomic E-state index is 12.6. The molecule has 0 saturated heterocycles. The van der Waals surface area contributed by atoms with Crippen LogP contribution >= 0.6 is 0 Å². The lowest BCUT2D eigenvalue weighted by molar-refractivity contribution is 0.0528. The van der Waals surface area contributed by atoms with Crippen molar-refractivity contribution in [2.45, 2.75) is 32.8 Å². The number of hydrogen-bond donors (Lipinski definition) is 1. The lowest BCUT2D eigenvalue weighted by atomic mass is 10.1. The fraction of sp³-hybridized carbons (Fsp3) is 0.462. The van der Waals surface area contributed by atoms with E-state index in [0.29, 0.717) is 13.0 Å². The van der Waals surface area contributed by atoms with Gasteiger partial charge in [-0.1, -0.05) is 12.1 Å². The first-order valence-electron chi connectivity index (χ1n) is 5.58. The van der Waals surface area contributed by atoms with E-state index < -0.39 is 11.7 Å². The molecule has 17 heavy (non-hydrogen) atoms. The summed E-state index contributed by atoms with van der Waals surface area (Å²) >= 11 is 0. The summed E-state index contributed by atoms with van der Waals surface area (Å²) in [5, 5.41) is 2.65. The van der Waals surface area contributed by atoms with Crippen molar-refractivity contribution in [1.82, 2.24) is 5.32 Å². The molecule has 0 aromatic heterocycles. The predicted octanol–water partition coefficient (Wildman–Crippen LogP) is 2.89. The summed E-state index contributed by atoms with van der Waals surface area (Å²) in [6.45, 7) is 5.91. The van der Waals surface area contributed by atoms with E-state index in [1.165, 1.54) is 12.1 Å². The van der Waals surface area contributed by atoms with Crippen LogP contribution in [0.1, 0.15) is 26.3 Å². The predicted molar refractivity (Wildman–Crippen MR) is 64.3 cm³/mol. The van der Waals surface area contributed by atoms with Crippen molar-refractivity contribution in [3.8, 4) is 0 Å². The third kappa shape index (κ3) is 5.90. The number of alkyl carbamates (subject to hydrolysis) is 1. The van der Waals surface area contributed by atoms with E-state index in [-0.39, 0.29) is 5.82 Å². The Kier molecular flexibility index (Phi) is 4.49. The van der Waals surface area contributed by atoms with E-state index in [0.717, 1.165) is 5.56 Å². The Morgan fingerprint density at radius 3 is 2.41 bits per heavy atom. The van der Waals surface area contributed by atoms with Crippen LogP contribution in [0.2, 0.25) is 0 Å². The normalized spacial score (nSPS) is 11.1. The van der Waals surface area contributed by atoms with Gasteiger partial charge in [-0.2, -0.15) is 0 Å². The van der Waals surface area contributed by atoms with Crippen LogP contribution in [-0.2, 0) is 11.2 Å². The fourth-order valence-corrected chi connectivity index (χ4v) is 1.27. The molecule has 0 unspecified atom stereocenters. The van der Waals surface area contributed by atoms with E-state index in [9.17, 15) is 9.18 Å². The largest absolute Gasteiger partial charge is 0.444 e. The molecule has 0 heterocycles. The Labute approximate surface area is 101 Å². The number of rotatable bonds is 3. The Hall–Kier alpha value is -1.58. The van der Waals surface area contributed by atoms with Crippen LogP contribution in [0, 0.1) is 5.82 Å². The molecule has 0 atom stereocenters. The van der Waals surface area contributed by atoms with Gasteiger partial charge in [0.05, 0.1) is 0 Å². The van der Waals surface area contributed by atoms with Gasteiger partial charge in [0, 0.05) is 6.54 Å². The zero-order valence-corrected chi connectivity index (χ0v) is 10.4. The number of nitrogens with one attached hydrogen (secondary N) is 1. The maximum Gasteiger partial charge on any atom is 0.407 e. The smallest absolute Gasteiger partial charge is 0.407 e. The minimum absolute atomic E-state index is 0.256. The van der Waals surface area contributed by atoms with Crippen molar-refractivity contribution in [3.05, 3.63) is 35.6 Å². The number of carbonyl (C=O) groups excluding carboxylic acids is 1. The van der Waals surface area contributed by atoms with E-state index in [2.05, 4.69) is 5.32 Å². The molecule has 1 N–H and O–H groups in total. The Bertz CT molecular complexity index is 368. The summed E-state index contributed by atoms with van der Waals surface area (Å²) in [5.74, 6) is -0.256. The van der Waals surface area contributed by atoms with Crippen LogP contribution in [0.4, 0.5) is 9.18 Å². The number of hydrogen-bond acceptors (Lipinski definition) is 2. The molecule has 1 rings (SSSR count). The second kappa shape index (κ2) is 5.66. The molecule has 94 valence electrons. The molecule has 3 nitrogen and oxygen atoms in total. The summed E-state index contributed by atoms with van der Waals surface area (Å²) in [6, 6.07) is 6.21. The molecule has 1 amide bonds. The highest BCUT2D eigenvalue weighted by Gasteiger charge is 2.15. The molecule has 0 fully saturated rings. The zero-order chi connectivity index (χ0) is 12.9. The third-order valence-electron chi connectivity index (χ3n) is 2.00. The highest BCUT2D eigenvalue weighted by Crippen LogP contribution is 2.06. The highest BCUT2D eigenvalue weighted by molar-refractivity contribution is 5.67. The van der Waals surface area contributed by atoms with Crippen molar-refractivity contribution < 1.29 is 13.9 Å². The second-order valence-electron chi connectivity index (χ2n) is 4.81. The molecule has 0 saturated carbocycles. The second-order valence-corrected chi connectivity index (χ2v) is 4.81. The fourth-order valence-electron chi connectivity index (χ4n) is 1.27. The SMILES string of the molecule is CC(C)(C)OC(=O)NCCc1ccc(F)cc1. The third-order valence-corrected chi connectivity index (χ3v) is 2.00. The number of ether oxygens (including phenoxy) is 1. The topological polar surface area (TPSA) is 38.3 Å². The zero-order valence-electron chi connectivity index (χ0n) is 10.4. The van der Waals surface area contributed by atoms with Crippen molar-refractivity contribution in [1.29, 1.82) is 0 Å². The van der Waals surface area contributed by atoms with Crippen LogP contribution in [-0.4, -0.2) is 18.2 Å². The molecule has 0 radical (unpaired) electrons. The van der Waals surface area contributed by atoms with E-state index >= 15 is 0 Å². The molecule has 0 aliphatic carbocycles. The highest BCUT2D eigenvalue weighted by atomic mass is 19.1. The van der Waals surface area contributed by atoms with Crippen molar-refractivity contribution in [2.75, 3.05) is 6.54 Å². The van der Waals surface area contributed by atoms with Gasteiger partial charge < -0.3 is 10.1 Å². The van der Waals surface area contributed by atoms with Gasteiger partial charge >= 0.3 is 6.09 Å². The van der Waals surface area contributed by atoms with E-state index in [4.69, 9.17) is 4.74 Å². The number of carbonyl (C=O) groups is 1. The van der Waals surface area contributed by atoms with Crippen molar-refractivity contribution in [2.24, 2.45) is 0 Å². The molecule has 0 bridgehead atoms. The van der Waals surface area contributed by atoms with E-state index in [1.54, 1.807) is 12.1 Å². The number of benzene rings is 1. The van der Waals surface area contributed by atoms with Crippen molar-refractivity contribution >= 4 is 6.09 Å². The molecule has 0 aliphatic rings. The van der Waals surface area contributed by atoms with E-state index in [1.807, 2.05) is 20.8 Å². The van der Waals surface area contributed by atoms with Crippen LogP contribution in [0.25, 0.3) is 0 Å². The molecule has 1 aromatic rings. The quantitative estimate of drug-likeness (QED) is 0.880. The summed E-state index contributed by atoms with van der Waals surface area (Å²) in [7, 11) is 0. The van der Waals surface area contributed by atoms with Crippen LogP contribution in [0.15, 0.2) is 24.3 Å². The van der Waals surface area contributed by atoms with Crippen LogP contribution in [0.3, 0.4) is 0 Å². The minimum Gasteiger partial charge on any atom is -0.444 e. The van der Waals surface area contributed by atoms with Gasteiger partial charge in [-0.3, -0.25) is 0 Å². The van der Waals surface area contributed by atoms with Crippen LogP contribution in [0.5, 0.6) is 0 Å². The lowest BCUT2D eigenvalue weighted by Crippen LogP contribution is -2.33. The first-order chi connectivity index (χ1) is 7.87. The van der Waals surface area contributed by atoms with Crippen LogP contribution < -0.4 is 5.32 Å². The van der Waals surface area contributed by atoms with Gasteiger partial charge in [-0.05, 0) is 44.9 Å². The minimum atomic E-state index is -0.486.